The van der Waals surface area contributed by atoms with E-state index in [9.17, 15) is 0 Å². The van der Waals surface area contributed by atoms with Gasteiger partial charge in [0.05, 0.1) is 11.4 Å². The van der Waals surface area contributed by atoms with Crippen LogP contribution < -0.4 is 21.5 Å². The summed E-state index contributed by atoms with van der Waals surface area (Å²) in [7, 11) is 1.71. The van der Waals surface area contributed by atoms with Crippen LogP contribution in [0.5, 0.6) is 0 Å². The van der Waals surface area contributed by atoms with Crippen LogP contribution in [0.2, 0.25) is 0 Å². The maximum absolute atomic E-state index is 5.23. The summed E-state index contributed by atoms with van der Waals surface area (Å²) in [5.74, 6) is 0.478. The van der Waals surface area contributed by atoms with Gasteiger partial charge in [-0.2, -0.15) is 10.2 Å². The number of thiocarbonyl (C=S) groups is 2. The highest BCUT2D eigenvalue weighted by Gasteiger charge is 2.03. The molecular formula is C16H20N10S2. The number of rotatable bonds is 6. The van der Waals surface area contributed by atoms with Crippen molar-refractivity contribution in [1.29, 1.82) is 0 Å². The summed E-state index contributed by atoms with van der Waals surface area (Å²) in [5.41, 5.74) is 8.71. The summed E-state index contributed by atoms with van der Waals surface area (Å²) in [6, 6.07) is 7.69. The number of nitrogens with one attached hydrogen (secondary N) is 4. The van der Waals surface area contributed by atoms with Gasteiger partial charge in [0.1, 0.15) is 0 Å². The molecule has 0 saturated carbocycles. The number of hydrogen-bond donors (Lipinski definition) is 4. The Kier molecular flexibility index (Phi) is 8.24. The summed E-state index contributed by atoms with van der Waals surface area (Å²) < 4.78 is 0. The van der Waals surface area contributed by atoms with Crippen LogP contribution in [0.15, 0.2) is 40.8 Å². The monoisotopic (exact) mass is 416 g/mol. The molecule has 0 spiro atoms. The summed E-state index contributed by atoms with van der Waals surface area (Å²) >= 11 is 10.2. The Balaban J connectivity index is 1.82. The van der Waals surface area contributed by atoms with Crippen LogP contribution in [0.3, 0.4) is 0 Å². The third-order valence-corrected chi connectivity index (χ3v) is 4.01. The standard InChI is InChI=1S/C16H20N10S2/c1-10(21-25-15(27)17-3)11(2)22-26-16(28)18-8-12-4-6-13(7-5-12)14-23-19-9-20-24-14/h4-7,9H,8H2,1-3H3,(H2,17,25,27)(H2,18,26,28)/b21-10+,22-11+. The zero-order valence-corrected chi connectivity index (χ0v) is 17.2. The minimum absolute atomic E-state index is 0.398. The molecule has 0 amide bonds. The molecule has 0 saturated heterocycles. The highest BCUT2D eigenvalue weighted by Crippen LogP contribution is 2.13. The van der Waals surface area contributed by atoms with Gasteiger partial charge in [0, 0.05) is 19.2 Å². The van der Waals surface area contributed by atoms with E-state index in [1.807, 2.05) is 38.1 Å². The molecule has 10 nitrogen and oxygen atoms in total. The Bertz CT molecular complexity index is 865. The zero-order valence-electron chi connectivity index (χ0n) is 15.6. The Morgan fingerprint density at radius 3 is 2.07 bits per heavy atom. The molecule has 0 radical (unpaired) electrons. The van der Waals surface area contributed by atoms with Gasteiger partial charge in [-0.1, -0.05) is 24.3 Å². The normalized spacial score (nSPS) is 11.5. The van der Waals surface area contributed by atoms with Gasteiger partial charge in [-0.25, -0.2) is 0 Å². The highest BCUT2D eigenvalue weighted by molar-refractivity contribution is 7.80. The third-order valence-electron chi connectivity index (χ3n) is 3.47. The molecular weight excluding hydrogens is 396 g/mol. The third kappa shape index (κ3) is 6.89. The number of hydrogen-bond acceptors (Lipinski definition) is 8. The second kappa shape index (κ2) is 10.9. The Labute approximate surface area is 173 Å². The van der Waals surface area contributed by atoms with E-state index in [-0.39, 0.29) is 0 Å². The molecule has 2 aromatic rings. The molecule has 1 aromatic carbocycles. The van der Waals surface area contributed by atoms with Crippen molar-refractivity contribution in [2.24, 2.45) is 10.2 Å². The van der Waals surface area contributed by atoms with Crippen LogP contribution >= 0.6 is 24.4 Å². The Morgan fingerprint density at radius 1 is 0.929 bits per heavy atom. The lowest BCUT2D eigenvalue weighted by molar-refractivity contribution is 0.860. The van der Waals surface area contributed by atoms with Crippen molar-refractivity contribution in [2.75, 3.05) is 7.05 Å². The first-order valence-corrected chi connectivity index (χ1v) is 9.01. The van der Waals surface area contributed by atoms with Crippen LogP contribution in [0.25, 0.3) is 11.4 Å². The van der Waals surface area contributed by atoms with Crippen molar-refractivity contribution in [3.8, 4) is 11.4 Å². The number of benzene rings is 1. The molecule has 0 atom stereocenters. The van der Waals surface area contributed by atoms with Crippen molar-refractivity contribution in [3.63, 3.8) is 0 Å². The molecule has 0 bridgehead atoms. The van der Waals surface area contributed by atoms with Gasteiger partial charge in [0.15, 0.2) is 16.6 Å². The maximum atomic E-state index is 5.23. The van der Waals surface area contributed by atoms with Crippen LogP contribution in [0.1, 0.15) is 19.4 Å². The number of aromatic nitrogens is 4. The number of nitrogens with zero attached hydrogens (tertiary/aromatic N) is 6. The molecule has 146 valence electrons. The summed E-state index contributed by atoms with van der Waals surface area (Å²) in [5, 5.41) is 30.3. The van der Waals surface area contributed by atoms with Crippen LogP contribution in [-0.2, 0) is 6.54 Å². The van der Waals surface area contributed by atoms with Gasteiger partial charge in [-0.15, -0.1) is 20.4 Å². The van der Waals surface area contributed by atoms with Gasteiger partial charge < -0.3 is 10.6 Å². The van der Waals surface area contributed by atoms with Crippen molar-refractivity contribution >= 4 is 46.1 Å². The Morgan fingerprint density at radius 2 is 1.50 bits per heavy atom. The first-order valence-electron chi connectivity index (χ1n) is 8.19. The quantitative estimate of drug-likeness (QED) is 0.304. The summed E-state index contributed by atoms with van der Waals surface area (Å²) in [4.78, 5) is 0. The van der Waals surface area contributed by atoms with Gasteiger partial charge in [0.25, 0.3) is 0 Å². The minimum atomic E-state index is 0.398. The molecule has 1 aromatic heterocycles. The second-order valence-electron chi connectivity index (χ2n) is 5.45. The molecule has 0 unspecified atom stereocenters. The molecule has 2 rings (SSSR count). The highest BCUT2D eigenvalue weighted by atomic mass is 32.1. The van der Waals surface area contributed by atoms with Crippen molar-refractivity contribution in [1.82, 2.24) is 41.9 Å². The van der Waals surface area contributed by atoms with E-state index < -0.39 is 0 Å². The molecule has 1 heterocycles. The fourth-order valence-corrected chi connectivity index (χ4v) is 1.96. The summed E-state index contributed by atoms with van der Waals surface area (Å²) in [6.45, 7) is 4.16. The average Bonchev–Trinajstić information content (AvgIpc) is 2.74. The minimum Gasteiger partial charge on any atom is -0.364 e. The van der Waals surface area contributed by atoms with E-state index in [1.54, 1.807) is 7.05 Å². The predicted molar refractivity (Wildman–Crippen MR) is 117 cm³/mol. The molecule has 0 aliphatic carbocycles. The fraction of sp³-hybridized carbons (Fsp3) is 0.250. The lowest BCUT2D eigenvalue weighted by Crippen LogP contribution is -2.33. The lowest BCUT2D eigenvalue weighted by atomic mass is 10.1. The predicted octanol–water partition coefficient (Wildman–Crippen LogP) is 0.743. The van der Waals surface area contributed by atoms with E-state index in [4.69, 9.17) is 24.4 Å². The molecule has 0 aliphatic heterocycles. The largest absolute Gasteiger partial charge is 0.364 e. The average molecular weight is 417 g/mol. The fourth-order valence-electron chi connectivity index (χ4n) is 1.80. The molecule has 28 heavy (non-hydrogen) atoms. The van der Waals surface area contributed by atoms with Crippen LogP contribution in [-0.4, -0.2) is 49.1 Å². The van der Waals surface area contributed by atoms with Crippen molar-refractivity contribution in [2.45, 2.75) is 20.4 Å². The first-order chi connectivity index (χ1) is 13.5. The van der Waals surface area contributed by atoms with Gasteiger partial charge >= 0.3 is 0 Å². The topological polar surface area (TPSA) is 124 Å². The molecule has 0 aliphatic rings. The van der Waals surface area contributed by atoms with E-state index in [0.29, 0.717) is 34.0 Å². The van der Waals surface area contributed by atoms with E-state index in [0.717, 1.165) is 11.1 Å². The SMILES string of the molecule is CNC(=S)N/N=C(C)/C(C)=N/NC(=S)NCc1ccc(-c2nncnn2)cc1. The summed E-state index contributed by atoms with van der Waals surface area (Å²) in [6.07, 6.45) is 1.29. The molecule has 0 fully saturated rings. The van der Waals surface area contributed by atoms with Gasteiger partial charge in [-0.3, -0.25) is 10.9 Å². The Hall–Kier alpha value is -3.12. The van der Waals surface area contributed by atoms with Crippen LogP contribution in [0.4, 0.5) is 0 Å². The number of hydrazone groups is 2. The van der Waals surface area contributed by atoms with Crippen molar-refractivity contribution in [3.05, 3.63) is 36.2 Å². The van der Waals surface area contributed by atoms with Gasteiger partial charge in [0.2, 0.25) is 5.82 Å². The molecule has 12 heteroatoms. The van der Waals surface area contributed by atoms with E-state index >= 15 is 0 Å². The van der Waals surface area contributed by atoms with Crippen LogP contribution in [0, 0.1) is 0 Å². The smallest absolute Gasteiger partial charge is 0.203 e. The van der Waals surface area contributed by atoms with E-state index in [1.165, 1.54) is 6.33 Å². The second-order valence-corrected chi connectivity index (χ2v) is 6.26. The maximum Gasteiger partial charge on any atom is 0.203 e. The lowest BCUT2D eigenvalue weighted by Gasteiger charge is -2.09. The van der Waals surface area contributed by atoms with Gasteiger partial charge in [-0.05, 0) is 43.8 Å². The zero-order chi connectivity index (χ0) is 20.4. The first kappa shape index (κ1) is 21.2. The molecule has 4 N–H and O–H groups in total. The van der Waals surface area contributed by atoms with E-state index in [2.05, 4.69) is 52.1 Å². The van der Waals surface area contributed by atoms with Crippen molar-refractivity contribution < 1.29 is 0 Å².